The Balaban J connectivity index is 2.19. The maximum atomic E-state index is 12.0. The van der Waals surface area contributed by atoms with Crippen LogP contribution in [0.4, 0.5) is 11.6 Å². The summed E-state index contributed by atoms with van der Waals surface area (Å²) in [5, 5.41) is 24.3. The minimum Gasteiger partial charge on any atom is -0.288 e. The monoisotopic (exact) mass is 274 g/mol. The van der Waals surface area contributed by atoms with Gasteiger partial charge in [0.15, 0.2) is 0 Å². The van der Waals surface area contributed by atoms with Crippen LogP contribution in [0.25, 0.3) is 0 Å². The van der Waals surface area contributed by atoms with E-state index >= 15 is 0 Å². The van der Waals surface area contributed by atoms with Crippen molar-refractivity contribution in [3.8, 4) is 0 Å². The third-order valence-electron chi connectivity index (χ3n) is 2.32. The van der Waals surface area contributed by atoms with E-state index in [1.807, 2.05) is 0 Å². The highest BCUT2D eigenvalue weighted by atomic mass is 16.6. The molecular formula is C11H10N6O3. The van der Waals surface area contributed by atoms with Crippen molar-refractivity contribution < 1.29 is 9.72 Å². The number of nitrogens with zero attached hydrogens (tertiary/aromatic N) is 5. The molecule has 1 aromatic heterocycles. The van der Waals surface area contributed by atoms with E-state index in [-0.39, 0.29) is 17.2 Å². The number of carbonyl (C=O) groups is 1. The fraction of sp³-hybridized carbons (Fsp3) is 0.0909. The first-order chi connectivity index (χ1) is 9.61. The second kappa shape index (κ2) is 5.69. The van der Waals surface area contributed by atoms with Crippen molar-refractivity contribution in [1.29, 1.82) is 0 Å². The second-order valence-corrected chi connectivity index (χ2v) is 3.68. The molecule has 1 aromatic carbocycles. The largest absolute Gasteiger partial charge is 0.288 e. The molecule has 1 amide bonds. The molecule has 0 bridgehead atoms. The van der Waals surface area contributed by atoms with Crippen LogP contribution in [0.2, 0.25) is 0 Å². The summed E-state index contributed by atoms with van der Waals surface area (Å²) >= 11 is 0. The predicted octanol–water partition coefficient (Wildman–Crippen LogP) is 1.02. The van der Waals surface area contributed by atoms with E-state index in [0.29, 0.717) is 6.54 Å². The first kappa shape index (κ1) is 13.3. The van der Waals surface area contributed by atoms with Crippen molar-refractivity contribution in [1.82, 2.24) is 20.2 Å². The lowest BCUT2D eigenvalue weighted by atomic mass is 10.1. The van der Waals surface area contributed by atoms with Crippen molar-refractivity contribution in [3.05, 3.63) is 52.6 Å². The Morgan fingerprint density at radius 2 is 2.25 bits per heavy atom. The lowest BCUT2D eigenvalue weighted by Crippen LogP contribution is -2.15. The van der Waals surface area contributed by atoms with Gasteiger partial charge in [-0.25, -0.2) is 0 Å². The van der Waals surface area contributed by atoms with Crippen molar-refractivity contribution in [2.75, 3.05) is 5.32 Å². The van der Waals surface area contributed by atoms with Crippen molar-refractivity contribution in [2.24, 2.45) is 0 Å². The van der Waals surface area contributed by atoms with E-state index < -0.39 is 10.8 Å². The van der Waals surface area contributed by atoms with E-state index in [1.54, 1.807) is 6.08 Å². The summed E-state index contributed by atoms with van der Waals surface area (Å²) in [6, 6.07) is 5.61. The number of nitrogens with one attached hydrogen (secondary N) is 1. The summed E-state index contributed by atoms with van der Waals surface area (Å²) in [6.45, 7) is 3.86. The van der Waals surface area contributed by atoms with Gasteiger partial charge in [-0.05, 0) is 11.3 Å². The number of hydrogen-bond donors (Lipinski definition) is 1. The number of hydrogen-bond acceptors (Lipinski definition) is 6. The fourth-order valence-electron chi connectivity index (χ4n) is 1.48. The second-order valence-electron chi connectivity index (χ2n) is 3.68. The summed E-state index contributed by atoms with van der Waals surface area (Å²) in [5.41, 5.74) is -0.360. The van der Waals surface area contributed by atoms with Crippen LogP contribution >= 0.6 is 0 Å². The van der Waals surface area contributed by atoms with Gasteiger partial charge >= 0.3 is 0 Å². The average molecular weight is 274 g/mol. The van der Waals surface area contributed by atoms with Gasteiger partial charge in [0.2, 0.25) is 0 Å². The van der Waals surface area contributed by atoms with Gasteiger partial charge in [0.1, 0.15) is 5.56 Å². The van der Waals surface area contributed by atoms with Gasteiger partial charge in [0.25, 0.3) is 17.5 Å². The molecule has 0 saturated carbocycles. The number of nitro benzene ring substituents is 1. The van der Waals surface area contributed by atoms with Gasteiger partial charge in [-0.3, -0.25) is 20.2 Å². The third-order valence-corrected chi connectivity index (χ3v) is 2.32. The molecule has 0 fully saturated rings. The van der Waals surface area contributed by atoms with Crippen LogP contribution in [0.3, 0.4) is 0 Å². The highest BCUT2D eigenvalue weighted by molar-refractivity contribution is 6.06. The van der Waals surface area contributed by atoms with Crippen molar-refractivity contribution in [2.45, 2.75) is 6.54 Å². The van der Waals surface area contributed by atoms with Gasteiger partial charge in [-0.2, -0.15) is 4.80 Å². The number of carbonyl (C=O) groups excluding carboxylic acids is 1. The number of allylic oxidation sites excluding steroid dienone is 1. The van der Waals surface area contributed by atoms with E-state index in [0.717, 1.165) is 0 Å². The van der Waals surface area contributed by atoms with Gasteiger partial charge < -0.3 is 0 Å². The van der Waals surface area contributed by atoms with E-state index in [9.17, 15) is 14.9 Å². The first-order valence-corrected chi connectivity index (χ1v) is 5.55. The van der Waals surface area contributed by atoms with Crippen LogP contribution in [0.1, 0.15) is 10.4 Å². The zero-order valence-corrected chi connectivity index (χ0v) is 10.3. The Morgan fingerprint density at radius 1 is 1.50 bits per heavy atom. The van der Waals surface area contributed by atoms with Gasteiger partial charge in [0, 0.05) is 6.07 Å². The number of amides is 1. The summed E-state index contributed by atoms with van der Waals surface area (Å²) in [5.74, 6) is -0.703. The smallest absolute Gasteiger partial charge is 0.282 e. The van der Waals surface area contributed by atoms with E-state index in [4.69, 9.17) is 0 Å². The van der Waals surface area contributed by atoms with Crippen molar-refractivity contribution in [3.63, 3.8) is 0 Å². The molecule has 0 saturated heterocycles. The SMILES string of the molecule is C=CCn1nnc(NC(=O)c2ccccc2[N+](=O)[O-])n1. The maximum absolute atomic E-state index is 12.0. The van der Waals surface area contributed by atoms with Crippen LogP contribution in [-0.2, 0) is 6.54 Å². The molecule has 0 aliphatic carbocycles. The zero-order chi connectivity index (χ0) is 14.5. The molecule has 0 unspecified atom stereocenters. The Bertz CT molecular complexity index is 666. The Kier molecular flexibility index (Phi) is 3.80. The normalized spacial score (nSPS) is 10.0. The molecule has 0 aliphatic rings. The van der Waals surface area contributed by atoms with Crippen LogP contribution in [-0.4, -0.2) is 31.0 Å². The van der Waals surface area contributed by atoms with E-state index in [1.165, 1.54) is 29.1 Å². The Hall–Kier alpha value is -3.10. The summed E-state index contributed by atoms with van der Waals surface area (Å²) in [7, 11) is 0. The minimum absolute atomic E-state index is 0.0324. The molecule has 0 spiro atoms. The van der Waals surface area contributed by atoms with Gasteiger partial charge in [-0.1, -0.05) is 23.3 Å². The number of benzene rings is 1. The number of aromatic nitrogens is 4. The number of anilines is 1. The standard InChI is InChI=1S/C11H10N6O3/c1-2-7-16-14-11(13-15-16)12-10(18)8-5-3-4-6-9(8)17(19)20/h2-6H,1,7H2,(H,12,14,18). The summed E-state index contributed by atoms with van der Waals surface area (Å²) in [6.07, 6.45) is 1.56. The van der Waals surface area contributed by atoms with Crippen molar-refractivity contribution >= 4 is 17.5 Å². The molecule has 102 valence electrons. The van der Waals surface area contributed by atoms with E-state index in [2.05, 4.69) is 27.3 Å². The summed E-state index contributed by atoms with van der Waals surface area (Å²) < 4.78 is 0. The maximum Gasteiger partial charge on any atom is 0.282 e. The number of nitro groups is 1. The Morgan fingerprint density at radius 3 is 2.95 bits per heavy atom. The van der Waals surface area contributed by atoms with Crippen LogP contribution in [0.15, 0.2) is 36.9 Å². The molecule has 0 aliphatic heterocycles. The van der Waals surface area contributed by atoms with Gasteiger partial charge in [-0.15, -0.1) is 11.7 Å². The number of rotatable bonds is 5. The van der Waals surface area contributed by atoms with Crippen LogP contribution in [0.5, 0.6) is 0 Å². The molecule has 2 rings (SSSR count). The van der Waals surface area contributed by atoms with Crippen LogP contribution in [0, 0.1) is 10.1 Å². The van der Waals surface area contributed by atoms with Crippen LogP contribution < -0.4 is 5.32 Å². The van der Waals surface area contributed by atoms with Gasteiger partial charge in [0.05, 0.1) is 11.5 Å². The molecule has 0 atom stereocenters. The lowest BCUT2D eigenvalue weighted by molar-refractivity contribution is -0.385. The molecule has 9 nitrogen and oxygen atoms in total. The predicted molar refractivity (Wildman–Crippen MR) is 69.1 cm³/mol. The molecule has 9 heteroatoms. The topological polar surface area (TPSA) is 116 Å². The molecule has 0 radical (unpaired) electrons. The first-order valence-electron chi connectivity index (χ1n) is 5.55. The average Bonchev–Trinajstić information content (AvgIpc) is 2.86. The highest BCUT2D eigenvalue weighted by Gasteiger charge is 2.20. The molecule has 20 heavy (non-hydrogen) atoms. The Labute approximate surface area is 113 Å². The molecule has 2 aromatic rings. The summed E-state index contributed by atoms with van der Waals surface area (Å²) in [4.78, 5) is 23.4. The fourth-order valence-corrected chi connectivity index (χ4v) is 1.48. The quantitative estimate of drug-likeness (QED) is 0.494. The molecule has 1 heterocycles. The minimum atomic E-state index is -0.671. The number of para-hydroxylation sites is 1. The molecular weight excluding hydrogens is 264 g/mol. The molecule has 1 N–H and O–H groups in total. The zero-order valence-electron chi connectivity index (χ0n) is 10.3. The third kappa shape index (κ3) is 2.83. The number of tetrazole rings is 1. The highest BCUT2D eigenvalue weighted by Crippen LogP contribution is 2.18. The lowest BCUT2D eigenvalue weighted by Gasteiger charge is -2.01.